The van der Waals surface area contributed by atoms with Gasteiger partial charge in [-0.2, -0.15) is 0 Å². The molecule has 17 heavy (non-hydrogen) atoms. The van der Waals surface area contributed by atoms with Crippen LogP contribution in [0.3, 0.4) is 0 Å². The highest BCUT2D eigenvalue weighted by molar-refractivity contribution is 4.84. The molecule has 0 bridgehead atoms. The Bertz CT molecular complexity index is 215. The molecule has 2 rings (SSSR count). The summed E-state index contributed by atoms with van der Waals surface area (Å²) in [5, 5.41) is 3.77. The smallest absolute Gasteiger partial charge is 0.0166 e. The molecule has 1 atom stereocenters. The number of nitrogens with zero attached hydrogens (tertiary/aromatic N) is 1. The molecule has 1 aliphatic carbocycles. The van der Waals surface area contributed by atoms with Gasteiger partial charge in [-0.25, -0.2) is 0 Å². The molecule has 1 N–H and O–H groups in total. The fourth-order valence-electron chi connectivity index (χ4n) is 3.42. The van der Waals surface area contributed by atoms with Gasteiger partial charge < -0.3 is 10.2 Å². The quantitative estimate of drug-likeness (QED) is 0.792. The van der Waals surface area contributed by atoms with Crippen molar-refractivity contribution in [2.75, 3.05) is 26.2 Å². The van der Waals surface area contributed by atoms with Crippen molar-refractivity contribution < 1.29 is 0 Å². The van der Waals surface area contributed by atoms with Crippen molar-refractivity contribution in [2.45, 2.75) is 64.8 Å². The summed E-state index contributed by atoms with van der Waals surface area (Å²) in [5.41, 5.74) is 0.593. The van der Waals surface area contributed by atoms with Crippen LogP contribution in [-0.2, 0) is 0 Å². The lowest BCUT2D eigenvalue weighted by atomic mass is 9.88. The molecule has 0 amide bonds. The fourth-order valence-corrected chi connectivity index (χ4v) is 3.42. The highest BCUT2D eigenvalue weighted by atomic mass is 15.1. The van der Waals surface area contributed by atoms with Crippen LogP contribution in [0, 0.1) is 5.41 Å². The number of likely N-dealkylation sites (tertiary alicyclic amines) is 1. The zero-order valence-corrected chi connectivity index (χ0v) is 11.8. The van der Waals surface area contributed by atoms with Crippen LogP contribution in [0.2, 0.25) is 0 Å². The van der Waals surface area contributed by atoms with Gasteiger partial charge in [-0.05, 0) is 51.1 Å². The summed E-state index contributed by atoms with van der Waals surface area (Å²) in [7, 11) is 0. The van der Waals surface area contributed by atoms with Gasteiger partial charge in [0.05, 0.1) is 0 Å². The normalized spacial score (nSPS) is 27.2. The van der Waals surface area contributed by atoms with Crippen LogP contribution in [0.5, 0.6) is 0 Å². The molecule has 0 radical (unpaired) electrons. The van der Waals surface area contributed by atoms with Crippen LogP contribution in [0.1, 0.15) is 58.8 Å². The van der Waals surface area contributed by atoms with Gasteiger partial charge in [0.15, 0.2) is 0 Å². The van der Waals surface area contributed by atoms with Crippen molar-refractivity contribution in [3.63, 3.8) is 0 Å². The van der Waals surface area contributed by atoms with Crippen molar-refractivity contribution >= 4 is 0 Å². The Kier molecular flexibility index (Phi) is 4.87. The Morgan fingerprint density at radius 1 is 1.06 bits per heavy atom. The molecule has 2 nitrogen and oxygen atoms in total. The van der Waals surface area contributed by atoms with Crippen molar-refractivity contribution in [1.82, 2.24) is 10.2 Å². The van der Waals surface area contributed by atoms with Gasteiger partial charge in [0.1, 0.15) is 0 Å². The molecule has 0 aromatic rings. The third kappa shape index (κ3) is 4.26. The molecule has 2 fully saturated rings. The van der Waals surface area contributed by atoms with E-state index in [0.717, 1.165) is 0 Å². The number of hydrogen-bond donors (Lipinski definition) is 1. The molecule has 100 valence electrons. The topological polar surface area (TPSA) is 15.3 Å². The van der Waals surface area contributed by atoms with Crippen LogP contribution >= 0.6 is 0 Å². The molecule has 1 heterocycles. The molecule has 1 aliphatic heterocycles. The molecule has 0 aromatic carbocycles. The first kappa shape index (κ1) is 13.4. The van der Waals surface area contributed by atoms with E-state index >= 15 is 0 Å². The lowest BCUT2D eigenvalue weighted by Gasteiger charge is -2.31. The number of rotatable bonds is 5. The fraction of sp³-hybridized carbons (Fsp3) is 1.00. The summed E-state index contributed by atoms with van der Waals surface area (Å²) in [5.74, 6) is 0. The maximum absolute atomic E-state index is 3.77. The molecule has 0 aromatic heterocycles. The Morgan fingerprint density at radius 2 is 1.71 bits per heavy atom. The van der Waals surface area contributed by atoms with Gasteiger partial charge in [-0.1, -0.05) is 26.2 Å². The monoisotopic (exact) mass is 238 g/mol. The average molecular weight is 238 g/mol. The van der Waals surface area contributed by atoms with Crippen LogP contribution in [0.4, 0.5) is 0 Å². The van der Waals surface area contributed by atoms with E-state index in [9.17, 15) is 0 Å². The van der Waals surface area contributed by atoms with Crippen LogP contribution in [0.25, 0.3) is 0 Å². The van der Waals surface area contributed by atoms with Gasteiger partial charge in [0, 0.05) is 19.1 Å². The van der Waals surface area contributed by atoms with Crippen LogP contribution in [0.15, 0.2) is 0 Å². The molecule has 2 heteroatoms. The largest absolute Gasteiger partial charge is 0.312 e. The highest BCUT2D eigenvalue weighted by Gasteiger charge is 2.28. The average Bonchev–Trinajstić information content (AvgIpc) is 2.76. The van der Waals surface area contributed by atoms with Crippen molar-refractivity contribution in [2.24, 2.45) is 5.41 Å². The third-order valence-electron chi connectivity index (χ3n) is 4.67. The lowest BCUT2D eigenvalue weighted by Crippen LogP contribution is -2.44. The van der Waals surface area contributed by atoms with E-state index in [1.807, 2.05) is 0 Å². The minimum Gasteiger partial charge on any atom is -0.312 e. The Morgan fingerprint density at radius 3 is 2.35 bits per heavy atom. The maximum atomic E-state index is 3.77. The summed E-state index contributed by atoms with van der Waals surface area (Å²) in [6.45, 7) is 9.93. The van der Waals surface area contributed by atoms with Crippen molar-refractivity contribution in [3.8, 4) is 0 Å². The van der Waals surface area contributed by atoms with Gasteiger partial charge in [-0.3, -0.25) is 0 Å². The first-order valence-electron chi connectivity index (χ1n) is 7.64. The van der Waals surface area contributed by atoms with Crippen molar-refractivity contribution in [1.29, 1.82) is 0 Å². The Labute approximate surface area is 107 Å². The standard InChI is InChI=1S/C15H30N2/c1-14(12-17-10-6-3-7-11-17)16-13-15(2)8-4-5-9-15/h14,16H,3-13H2,1-2H3. The van der Waals surface area contributed by atoms with E-state index in [4.69, 9.17) is 0 Å². The van der Waals surface area contributed by atoms with Gasteiger partial charge in [-0.15, -0.1) is 0 Å². The molecule has 1 saturated heterocycles. The second-order valence-electron chi connectivity index (χ2n) is 6.66. The minimum atomic E-state index is 0.593. The third-order valence-corrected chi connectivity index (χ3v) is 4.67. The molecular weight excluding hydrogens is 208 g/mol. The van der Waals surface area contributed by atoms with Crippen LogP contribution in [-0.4, -0.2) is 37.1 Å². The minimum absolute atomic E-state index is 0.593. The Hall–Kier alpha value is -0.0800. The summed E-state index contributed by atoms with van der Waals surface area (Å²) >= 11 is 0. The van der Waals surface area contributed by atoms with E-state index in [2.05, 4.69) is 24.1 Å². The predicted molar refractivity (Wildman–Crippen MR) is 74.3 cm³/mol. The molecule has 1 unspecified atom stereocenters. The van der Waals surface area contributed by atoms with Crippen LogP contribution < -0.4 is 5.32 Å². The van der Waals surface area contributed by atoms with E-state index in [1.165, 1.54) is 71.1 Å². The number of nitrogens with one attached hydrogen (secondary N) is 1. The van der Waals surface area contributed by atoms with E-state index < -0.39 is 0 Å². The molecule has 1 saturated carbocycles. The van der Waals surface area contributed by atoms with Gasteiger partial charge >= 0.3 is 0 Å². The SMILES string of the molecule is CC(CN1CCCCC1)NCC1(C)CCCC1. The molecule has 2 aliphatic rings. The Balaban J connectivity index is 1.64. The first-order valence-corrected chi connectivity index (χ1v) is 7.64. The predicted octanol–water partition coefficient (Wildman–Crippen LogP) is 3.03. The maximum Gasteiger partial charge on any atom is 0.0166 e. The van der Waals surface area contributed by atoms with Gasteiger partial charge in [0.25, 0.3) is 0 Å². The zero-order valence-electron chi connectivity index (χ0n) is 11.8. The number of hydrogen-bond acceptors (Lipinski definition) is 2. The first-order chi connectivity index (χ1) is 8.18. The summed E-state index contributed by atoms with van der Waals surface area (Å²) < 4.78 is 0. The summed E-state index contributed by atoms with van der Waals surface area (Å²) in [6.07, 6.45) is 10.00. The lowest BCUT2D eigenvalue weighted by molar-refractivity contribution is 0.199. The van der Waals surface area contributed by atoms with Gasteiger partial charge in [0.2, 0.25) is 0 Å². The van der Waals surface area contributed by atoms with E-state index in [1.54, 1.807) is 0 Å². The highest BCUT2D eigenvalue weighted by Crippen LogP contribution is 2.36. The van der Waals surface area contributed by atoms with E-state index in [-0.39, 0.29) is 0 Å². The van der Waals surface area contributed by atoms with Crippen molar-refractivity contribution in [3.05, 3.63) is 0 Å². The molecular formula is C15H30N2. The van der Waals surface area contributed by atoms with E-state index in [0.29, 0.717) is 11.5 Å². The zero-order chi connectivity index (χ0) is 12.1. The summed E-state index contributed by atoms with van der Waals surface area (Å²) in [6, 6.07) is 0.658. The number of piperidine rings is 1. The summed E-state index contributed by atoms with van der Waals surface area (Å²) in [4.78, 5) is 2.64. The second kappa shape index (κ2) is 6.19. The molecule has 0 spiro atoms. The second-order valence-corrected chi connectivity index (χ2v) is 6.66.